The first-order chi connectivity index (χ1) is 9.52. The van der Waals surface area contributed by atoms with Crippen molar-refractivity contribution in [1.82, 2.24) is 25.9 Å². The fourth-order valence-electron chi connectivity index (χ4n) is 1.55. The van der Waals surface area contributed by atoms with E-state index >= 15 is 0 Å². The molecule has 0 fully saturated rings. The summed E-state index contributed by atoms with van der Waals surface area (Å²) in [4.78, 5) is 11.9. The SMILES string of the molecule is CCC(C)(O)CNC(=O)c1ccc(-c2nn[nH]n2)cc1. The Morgan fingerprint density at radius 2 is 2.10 bits per heavy atom. The van der Waals surface area contributed by atoms with Crippen molar-refractivity contribution in [3.63, 3.8) is 0 Å². The molecule has 0 aliphatic carbocycles. The molecule has 1 aromatic heterocycles. The summed E-state index contributed by atoms with van der Waals surface area (Å²) >= 11 is 0. The number of benzene rings is 1. The summed E-state index contributed by atoms with van der Waals surface area (Å²) < 4.78 is 0. The van der Waals surface area contributed by atoms with Crippen molar-refractivity contribution < 1.29 is 9.90 Å². The number of carbonyl (C=O) groups excluding carboxylic acids is 1. The molecule has 1 aromatic carbocycles. The fraction of sp³-hybridized carbons (Fsp3) is 0.385. The molecule has 20 heavy (non-hydrogen) atoms. The monoisotopic (exact) mass is 275 g/mol. The number of aromatic nitrogens is 4. The van der Waals surface area contributed by atoms with Gasteiger partial charge >= 0.3 is 0 Å². The topological polar surface area (TPSA) is 104 Å². The number of aromatic amines is 1. The Balaban J connectivity index is 2.01. The van der Waals surface area contributed by atoms with Gasteiger partial charge in [0, 0.05) is 17.7 Å². The predicted octanol–water partition coefficient (Wildman–Crippen LogP) is 0.757. The Kier molecular flexibility index (Phi) is 4.09. The molecular weight excluding hydrogens is 258 g/mol. The van der Waals surface area contributed by atoms with Gasteiger partial charge in [0.05, 0.1) is 5.60 Å². The molecule has 0 bridgehead atoms. The van der Waals surface area contributed by atoms with E-state index < -0.39 is 5.60 Å². The minimum absolute atomic E-state index is 0.217. The van der Waals surface area contributed by atoms with E-state index in [2.05, 4.69) is 25.9 Å². The molecule has 2 aromatic rings. The number of aliphatic hydroxyl groups is 1. The Hall–Kier alpha value is -2.28. The van der Waals surface area contributed by atoms with E-state index in [0.29, 0.717) is 17.8 Å². The number of rotatable bonds is 5. The normalized spacial score (nSPS) is 13.8. The number of hydrogen-bond donors (Lipinski definition) is 3. The molecule has 1 unspecified atom stereocenters. The Bertz CT molecular complexity index is 563. The van der Waals surface area contributed by atoms with Crippen molar-refractivity contribution in [3.05, 3.63) is 29.8 Å². The fourth-order valence-corrected chi connectivity index (χ4v) is 1.55. The van der Waals surface area contributed by atoms with Crippen molar-refractivity contribution >= 4 is 5.91 Å². The molecule has 0 aliphatic rings. The lowest BCUT2D eigenvalue weighted by Gasteiger charge is -2.21. The number of H-pyrrole nitrogens is 1. The molecule has 0 spiro atoms. The van der Waals surface area contributed by atoms with Crippen molar-refractivity contribution in [2.24, 2.45) is 0 Å². The van der Waals surface area contributed by atoms with Crippen LogP contribution in [-0.2, 0) is 0 Å². The smallest absolute Gasteiger partial charge is 0.251 e. The van der Waals surface area contributed by atoms with Gasteiger partial charge in [0.25, 0.3) is 5.91 Å². The number of carbonyl (C=O) groups is 1. The second-order valence-electron chi connectivity index (χ2n) is 4.85. The highest BCUT2D eigenvalue weighted by molar-refractivity contribution is 5.94. The third kappa shape index (κ3) is 3.39. The molecule has 0 saturated carbocycles. The highest BCUT2D eigenvalue weighted by Crippen LogP contribution is 2.14. The first-order valence-electron chi connectivity index (χ1n) is 6.36. The van der Waals surface area contributed by atoms with E-state index in [4.69, 9.17) is 0 Å². The van der Waals surface area contributed by atoms with Crippen LogP contribution in [0.3, 0.4) is 0 Å². The van der Waals surface area contributed by atoms with Gasteiger partial charge < -0.3 is 10.4 Å². The van der Waals surface area contributed by atoms with E-state index in [1.54, 1.807) is 31.2 Å². The third-order valence-electron chi connectivity index (χ3n) is 3.14. The van der Waals surface area contributed by atoms with Crippen LogP contribution < -0.4 is 5.32 Å². The average molecular weight is 275 g/mol. The summed E-state index contributed by atoms with van der Waals surface area (Å²) in [5, 5.41) is 26.1. The van der Waals surface area contributed by atoms with E-state index in [0.717, 1.165) is 5.56 Å². The van der Waals surface area contributed by atoms with Crippen molar-refractivity contribution in [2.45, 2.75) is 25.9 Å². The summed E-state index contributed by atoms with van der Waals surface area (Å²) in [7, 11) is 0. The van der Waals surface area contributed by atoms with Gasteiger partial charge in [-0.15, -0.1) is 10.2 Å². The molecule has 1 heterocycles. The van der Waals surface area contributed by atoms with E-state index in [-0.39, 0.29) is 12.5 Å². The first kappa shape index (κ1) is 14.1. The lowest BCUT2D eigenvalue weighted by molar-refractivity contribution is 0.0518. The zero-order valence-electron chi connectivity index (χ0n) is 11.4. The summed E-state index contributed by atoms with van der Waals surface area (Å²) in [5.74, 6) is 0.254. The maximum atomic E-state index is 11.9. The van der Waals surface area contributed by atoms with Crippen LogP contribution in [0.4, 0.5) is 0 Å². The maximum Gasteiger partial charge on any atom is 0.251 e. The van der Waals surface area contributed by atoms with Crippen LogP contribution >= 0.6 is 0 Å². The molecule has 1 atom stereocenters. The number of nitrogens with zero attached hydrogens (tertiary/aromatic N) is 3. The van der Waals surface area contributed by atoms with E-state index in [1.165, 1.54) is 0 Å². The number of hydrogen-bond acceptors (Lipinski definition) is 5. The standard InChI is InChI=1S/C13H17N5O2/c1-3-13(2,20)8-14-12(19)10-6-4-9(5-7-10)11-15-17-18-16-11/h4-7,20H,3,8H2,1-2H3,(H,14,19)(H,15,16,17,18). The van der Waals surface area contributed by atoms with Gasteiger partial charge in [-0.05, 0) is 30.7 Å². The quantitative estimate of drug-likeness (QED) is 0.747. The van der Waals surface area contributed by atoms with Crippen LogP contribution in [0.15, 0.2) is 24.3 Å². The molecule has 7 nitrogen and oxygen atoms in total. The zero-order chi connectivity index (χ0) is 14.6. The van der Waals surface area contributed by atoms with Crippen LogP contribution in [0, 0.1) is 0 Å². The van der Waals surface area contributed by atoms with Gasteiger partial charge in [0.2, 0.25) is 5.82 Å². The Morgan fingerprint density at radius 3 is 2.65 bits per heavy atom. The molecule has 2 rings (SSSR count). The Morgan fingerprint density at radius 1 is 1.40 bits per heavy atom. The van der Waals surface area contributed by atoms with Crippen LogP contribution in [0.5, 0.6) is 0 Å². The van der Waals surface area contributed by atoms with Gasteiger partial charge in [0.1, 0.15) is 0 Å². The van der Waals surface area contributed by atoms with Crippen LogP contribution in [-0.4, -0.2) is 43.8 Å². The minimum atomic E-state index is -0.889. The molecule has 1 amide bonds. The minimum Gasteiger partial charge on any atom is -0.388 e. The van der Waals surface area contributed by atoms with Crippen LogP contribution in [0.2, 0.25) is 0 Å². The molecule has 7 heteroatoms. The molecule has 106 valence electrons. The third-order valence-corrected chi connectivity index (χ3v) is 3.14. The van der Waals surface area contributed by atoms with Gasteiger partial charge in [-0.25, -0.2) is 0 Å². The summed E-state index contributed by atoms with van der Waals surface area (Å²) in [5.41, 5.74) is 0.403. The molecule has 0 aliphatic heterocycles. The Labute approximate surface area is 116 Å². The van der Waals surface area contributed by atoms with E-state index in [9.17, 15) is 9.90 Å². The van der Waals surface area contributed by atoms with Crippen molar-refractivity contribution in [1.29, 1.82) is 0 Å². The predicted molar refractivity (Wildman–Crippen MR) is 72.9 cm³/mol. The first-order valence-corrected chi connectivity index (χ1v) is 6.36. The number of nitrogens with one attached hydrogen (secondary N) is 2. The summed E-state index contributed by atoms with van der Waals surface area (Å²) in [6, 6.07) is 6.86. The van der Waals surface area contributed by atoms with Gasteiger partial charge in [-0.2, -0.15) is 5.21 Å². The largest absolute Gasteiger partial charge is 0.388 e. The van der Waals surface area contributed by atoms with Crippen molar-refractivity contribution in [2.75, 3.05) is 6.54 Å². The number of amides is 1. The second-order valence-corrected chi connectivity index (χ2v) is 4.85. The highest BCUT2D eigenvalue weighted by Gasteiger charge is 2.18. The van der Waals surface area contributed by atoms with Crippen molar-refractivity contribution in [3.8, 4) is 11.4 Å². The summed E-state index contributed by atoms with van der Waals surface area (Å²) in [6.07, 6.45) is 0.573. The van der Waals surface area contributed by atoms with Gasteiger partial charge in [0.15, 0.2) is 0 Å². The lowest BCUT2D eigenvalue weighted by atomic mass is 10.0. The van der Waals surface area contributed by atoms with Crippen LogP contribution in [0.1, 0.15) is 30.6 Å². The molecule has 0 radical (unpaired) electrons. The number of tetrazole rings is 1. The maximum absolute atomic E-state index is 11.9. The van der Waals surface area contributed by atoms with E-state index in [1.807, 2.05) is 6.92 Å². The second kappa shape index (κ2) is 5.79. The molecule has 0 saturated heterocycles. The average Bonchev–Trinajstić information content (AvgIpc) is 2.99. The van der Waals surface area contributed by atoms with Gasteiger partial charge in [-0.1, -0.05) is 19.1 Å². The molecular formula is C13H17N5O2. The zero-order valence-corrected chi connectivity index (χ0v) is 11.4. The van der Waals surface area contributed by atoms with Crippen LogP contribution in [0.25, 0.3) is 11.4 Å². The lowest BCUT2D eigenvalue weighted by Crippen LogP contribution is -2.40. The summed E-state index contributed by atoms with van der Waals surface area (Å²) in [6.45, 7) is 3.77. The highest BCUT2D eigenvalue weighted by atomic mass is 16.3. The molecule has 3 N–H and O–H groups in total. The van der Waals surface area contributed by atoms with Gasteiger partial charge in [-0.3, -0.25) is 4.79 Å².